The summed E-state index contributed by atoms with van der Waals surface area (Å²) in [6, 6.07) is 2.49. The van der Waals surface area contributed by atoms with E-state index in [0.29, 0.717) is 11.2 Å². The van der Waals surface area contributed by atoms with Gasteiger partial charge >= 0.3 is 0 Å². The molecule has 0 aromatic rings. The molecule has 1 saturated carbocycles. The number of thioether (sulfide) groups is 1. The molecule has 2 nitrogen and oxygen atoms in total. The zero-order valence-corrected chi connectivity index (χ0v) is 11.4. The quantitative estimate of drug-likeness (QED) is 0.713. The summed E-state index contributed by atoms with van der Waals surface area (Å²) in [5.41, 5.74) is 0. The van der Waals surface area contributed by atoms with Gasteiger partial charge in [0.15, 0.2) is 0 Å². The van der Waals surface area contributed by atoms with Crippen LogP contribution in [-0.4, -0.2) is 35.5 Å². The van der Waals surface area contributed by atoms with E-state index in [1.165, 1.54) is 31.6 Å². The minimum absolute atomic E-state index is 0.315. The highest BCUT2D eigenvalue weighted by Crippen LogP contribution is 2.32. The molecule has 1 fully saturated rings. The van der Waals surface area contributed by atoms with Gasteiger partial charge in [0, 0.05) is 17.5 Å². The van der Waals surface area contributed by atoms with Gasteiger partial charge in [-0.2, -0.15) is 17.0 Å². The number of hydrogen-bond donors (Lipinski definition) is 0. The van der Waals surface area contributed by atoms with Crippen LogP contribution in [0.3, 0.4) is 0 Å². The van der Waals surface area contributed by atoms with Crippen molar-refractivity contribution >= 4 is 11.8 Å². The van der Waals surface area contributed by atoms with Crippen LogP contribution in [0.2, 0.25) is 0 Å². The summed E-state index contributed by atoms with van der Waals surface area (Å²) >= 11 is 2.02. The minimum Gasteiger partial charge on any atom is -0.303 e. The van der Waals surface area contributed by atoms with Crippen LogP contribution in [0.25, 0.3) is 0 Å². The van der Waals surface area contributed by atoms with Crippen LogP contribution in [0.5, 0.6) is 0 Å². The van der Waals surface area contributed by atoms with Crippen molar-refractivity contribution in [3.8, 4) is 6.07 Å². The third-order valence-electron chi connectivity index (χ3n) is 3.50. The molecule has 0 spiro atoms. The van der Waals surface area contributed by atoms with Gasteiger partial charge in [-0.25, -0.2) is 0 Å². The predicted octanol–water partition coefficient (Wildman–Crippen LogP) is 3.14. The molecule has 92 valence electrons. The first-order valence-electron chi connectivity index (χ1n) is 6.55. The lowest BCUT2D eigenvalue weighted by molar-refractivity contribution is 0.323. The second-order valence-corrected chi connectivity index (χ2v) is 5.80. The molecule has 0 saturated heterocycles. The van der Waals surface area contributed by atoms with Crippen molar-refractivity contribution in [2.75, 3.05) is 25.4 Å². The zero-order chi connectivity index (χ0) is 11.8. The maximum Gasteiger partial charge on any atom is 0.0667 e. The van der Waals surface area contributed by atoms with Gasteiger partial charge in [0.25, 0.3) is 0 Å². The third kappa shape index (κ3) is 4.35. The molecule has 0 bridgehead atoms. The maximum atomic E-state index is 9.09. The Hall–Kier alpha value is -0.200. The van der Waals surface area contributed by atoms with Gasteiger partial charge in [-0.3, -0.25) is 0 Å². The standard InChI is InChI=1S/C13H24N2S/c1-3-15(4-2)9-10-16-13-8-6-5-7-12(13)11-14/h12-13H,3-10H2,1-2H3. The van der Waals surface area contributed by atoms with E-state index in [0.717, 1.165) is 19.5 Å². The molecule has 0 aromatic carbocycles. The molecule has 2 unspecified atom stereocenters. The van der Waals surface area contributed by atoms with Crippen LogP contribution in [0.15, 0.2) is 0 Å². The van der Waals surface area contributed by atoms with Crippen molar-refractivity contribution in [1.82, 2.24) is 4.90 Å². The lowest BCUT2D eigenvalue weighted by Crippen LogP contribution is -2.27. The van der Waals surface area contributed by atoms with Gasteiger partial charge in [0.05, 0.1) is 12.0 Å². The van der Waals surface area contributed by atoms with Crippen molar-refractivity contribution in [3.63, 3.8) is 0 Å². The Kier molecular flexibility index (Phi) is 6.91. The molecule has 0 aliphatic heterocycles. The minimum atomic E-state index is 0.315. The van der Waals surface area contributed by atoms with Gasteiger partial charge in [0.1, 0.15) is 0 Å². The Morgan fingerprint density at radius 1 is 1.25 bits per heavy atom. The first kappa shape index (κ1) is 13.9. The fourth-order valence-electron chi connectivity index (χ4n) is 2.32. The van der Waals surface area contributed by atoms with Crippen LogP contribution in [0.4, 0.5) is 0 Å². The van der Waals surface area contributed by atoms with E-state index in [9.17, 15) is 0 Å². The van der Waals surface area contributed by atoms with E-state index in [4.69, 9.17) is 5.26 Å². The average Bonchev–Trinajstić information content (AvgIpc) is 2.35. The summed E-state index contributed by atoms with van der Waals surface area (Å²) in [6.07, 6.45) is 4.95. The van der Waals surface area contributed by atoms with Gasteiger partial charge in [-0.05, 0) is 25.9 Å². The van der Waals surface area contributed by atoms with Crippen LogP contribution < -0.4 is 0 Å². The fraction of sp³-hybridized carbons (Fsp3) is 0.923. The van der Waals surface area contributed by atoms with Gasteiger partial charge in [-0.15, -0.1) is 0 Å². The monoisotopic (exact) mass is 240 g/mol. The highest BCUT2D eigenvalue weighted by atomic mass is 32.2. The molecule has 16 heavy (non-hydrogen) atoms. The lowest BCUT2D eigenvalue weighted by atomic mass is 9.90. The highest BCUT2D eigenvalue weighted by molar-refractivity contribution is 7.99. The number of rotatable bonds is 6. The van der Waals surface area contributed by atoms with Crippen molar-refractivity contribution < 1.29 is 0 Å². The molecule has 3 heteroatoms. The van der Waals surface area contributed by atoms with Gasteiger partial charge in [-0.1, -0.05) is 26.7 Å². The topological polar surface area (TPSA) is 27.0 Å². The summed E-state index contributed by atoms with van der Waals surface area (Å²) in [5, 5.41) is 9.69. The predicted molar refractivity (Wildman–Crippen MR) is 71.6 cm³/mol. The van der Waals surface area contributed by atoms with Crippen molar-refractivity contribution in [3.05, 3.63) is 0 Å². The zero-order valence-electron chi connectivity index (χ0n) is 10.6. The largest absolute Gasteiger partial charge is 0.303 e. The van der Waals surface area contributed by atoms with Crippen molar-refractivity contribution in [2.24, 2.45) is 5.92 Å². The SMILES string of the molecule is CCN(CC)CCSC1CCCCC1C#N. The van der Waals surface area contributed by atoms with Gasteiger partial charge < -0.3 is 4.90 Å². The molecule has 1 aliphatic rings. The Labute approximate surface area is 104 Å². The molecule has 0 N–H and O–H groups in total. The lowest BCUT2D eigenvalue weighted by Gasteiger charge is -2.27. The fourth-order valence-corrected chi connectivity index (χ4v) is 3.75. The van der Waals surface area contributed by atoms with E-state index in [2.05, 4.69) is 24.8 Å². The maximum absolute atomic E-state index is 9.09. The molecule has 2 atom stereocenters. The first-order chi connectivity index (χ1) is 7.81. The van der Waals surface area contributed by atoms with Crippen molar-refractivity contribution in [2.45, 2.75) is 44.8 Å². The molecular weight excluding hydrogens is 216 g/mol. The number of nitriles is 1. The molecule has 0 heterocycles. The average molecular weight is 240 g/mol. The van der Waals surface area contributed by atoms with Gasteiger partial charge in [0.2, 0.25) is 0 Å². The Morgan fingerprint density at radius 3 is 2.56 bits per heavy atom. The summed E-state index contributed by atoms with van der Waals surface area (Å²) in [7, 11) is 0. The van der Waals surface area contributed by atoms with Crippen LogP contribution in [-0.2, 0) is 0 Å². The Bertz CT molecular complexity index is 220. The van der Waals surface area contributed by atoms with E-state index < -0.39 is 0 Å². The number of hydrogen-bond acceptors (Lipinski definition) is 3. The third-order valence-corrected chi connectivity index (χ3v) is 4.91. The van der Waals surface area contributed by atoms with E-state index in [1.54, 1.807) is 0 Å². The van der Waals surface area contributed by atoms with E-state index >= 15 is 0 Å². The molecular formula is C13H24N2S. The van der Waals surface area contributed by atoms with Crippen LogP contribution in [0, 0.1) is 17.2 Å². The molecule has 0 radical (unpaired) electrons. The van der Waals surface area contributed by atoms with Crippen LogP contribution in [0.1, 0.15) is 39.5 Å². The Balaban J connectivity index is 2.22. The summed E-state index contributed by atoms with van der Waals surface area (Å²) in [6.45, 7) is 7.89. The second-order valence-electron chi connectivity index (χ2n) is 4.46. The molecule has 0 amide bonds. The Morgan fingerprint density at radius 2 is 1.94 bits per heavy atom. The molecule has 1 rings (SSSR count). The smallest absolute Gasteiger partial charge is 0.0667 e. The number of nitrogens with zero attached hydrogens (tertiary/aromatic N) is 2. The molecule has 1 aliphatic carbocycles. The normalized spacial score (nSPS) is 25.6. The summed E-state index contributed by atoms with van der Waals surface area (Å²) in [5.74, 6) is 1.50. The van der Waals surface area contributed by atoms with Crippen molar-refractivity contribution in [1.29, 1.82) is 5.26 Å². The summed E-state index contributed by atoms with van der Waals surface area (Å²) < 4.78 is 0. The first-order valence-corrected chi connectivity index (χ1v) is 7.60. The second kappa shape index (κ2) is 7.97. The molecule has 0 aromatic heterocycles. The highest BCUT2D eigenvalue weighted by Gasteiger charge is 2.24. The van der Waals surface area contributed by atoms with Crippen LogP contribution >= 0.6 is 11.8 Å². The van der Waals surface area contributed by atoms with E-state index in [1.807, 2.05) is 11.8 Å². The summed E-state index contributed by atoms with van der Waals surface area (Å²) in [4.78, 5) is 2.46. The van der Waals surface area contributed by atoms with E-state index in [-0.39, 0.29) is 0 Å².